The van der Waals surface area contributed by atoms with E-state index in [0.717, 1.165) is 25.2 Å². The van der Waals surface area contributed by atoms with E-state index in [1.54, 1.807) is 0 Å². The summed E-state index contributed by atoms with van der Waals surface area (Å²) in [4.78, 5) is 2.29. The van der Waals surface area contributed by atoms with Gasteiger partial charge in [0.1, 0.15) is 0 Å². The normalized spacial score (nSPS) is 24.1. The first-order chi connectivity index (χ1) is 9.50. The first-order valence-electron chi connectivity index (χ1n) is 7.26. The maximum atomic E-state index is 12.2. The van der Waals surface area contributed by atoms with Crippen LogP contribution in [-0.4, -0.2) is 44.7 Å². The van der Waals surface area contributed by atoms with Gasteiger partial charge in [-0.3, -0.25) is 0 Å². The van der Waals surface area contributed by atoms with Crippen LogP contribution in [0.5, 0.6) is 0 Å². The van der Waals surface area contributed by atoms with Crippen molar-refractivity contribution in [1.29, 1.82) is 0 Å². The molecule has 1 aromatic rings. The van der Waals surface area contributed by atoms with Crippen LogP contribution >= 0.6 is 0 Å². The molecular weight excluding hydrogens is 272 g/mol. The molecule has 1 aromatic carbocycles. The molecule has 2 atom stereocenters. The number of nitrogens with zero attached hydrogens (tertiary/aromatic N) is 1. The van der Waals surface area contributed by atoms with E-state index in [9.17, 15) is 8.42 Å². The monoisotopic (exact) mass is 296 g/mol. The first kappa shape index (κ1) is 15.5. The quantitative estimate of drug-likeness (QED) is 0.865. The molecule has 4 nitrogen and oxygen atoms in total. The summed E-state index contributed by atoms with van der Waals surface area (Å²) in [6.07, 6.45) is 0.564. The van der Waals surface area contributed by atoms with Crippen molar-refractivity contribution in [3.63, 3.8) is 0 Å². The number of hydrogen-bond donors (Lipinski definition) is 1. The molecule has 1 heterocycles. The van der Waals surface area contributed by atoms with Crippen molar-refractivity contribution in [2.75, 3.05) is 25.4 Å². The van der Waals surface area contributed by atoms with Gasteiger partial charge in [0.15, 0.2) is 0 Å². The minimum absolute atomic E-state index is 0.0516. The number of nitrogens with one attached hydrogen (secondary N) is 1. The summed E-state index contributed by atoms with van der Waals surface area (Å²) >= 11 is 0. The summed E-state index contributed by atoms with van der Waals surface area (Å²) in [5.74, 6) is 0.535. The van der Waals surface area contributed by atoms with E-state index in [1.165, 1.54) is 0 Å². The average Bonchev–Trinajstić information content (AvgIpc) is 2.78. The van der Waals surface area contributed by atoms with Crippen molar-refractivity contribution in [3.05, 3.63) is 35.9 Å². The van der Waals surface area contributed by atoms with E-state index < -0.39 is 10.0 Å². The Balaban J connectivity index is 1.88. The van der Waals surface area contributed by atoms with Gasteiger partial charge >= 0.3 is 0 Å². The van der Waals surface area contributed by atoms with Gasteiger partial charge in [0.05, 0.1) is 5.75 Å². The highest BCUT2D eigenvalue weighted by Gasteiger charge is 2.31. The van der Waals surface area contributed by atoms with Crippen LogP contribution in [0.3, 0.4) is 0 Å². The largest absolute Gasteiger partial charge is 0.302 e. The van der Waals surface area contributed by atoms with Crippen LogP contribution in [0, 0.1) is 5.92 Å². The van der Waals surface area contributed by atoms with E-state index in [2.05, 4.69) is 23.5 Å². The fourth-order valence-electron chi connectivity index (χ4n) is 2.67. The van der Waals surface area contributed by atoms with Crippen molar-refractivity contribution in [2.24, 2.45) is 5.92 Å². The first-order valence-corrected chi connectivity index (χ1v) is 8.91. The van der Waals surface area contributed by atoms with Gasteiger partial charge in [-0.1, -0.05) is 44.2 Å². The van der Waals surface area contributed by atoms with Crippen molar-refractivity contribution in [2.45, 2.75) is 26.3 Å². The Bertz CT molecular complexity index is 516. The van der Waals surface area contributed by atoms with Crippen LogP contribution in [0.15, 0.2) is 30.3 Å². The Morgan fingerprint density at radius 1 is 1.25 bits per heavy atom. The maximum Gasteiger partial charge on any atom is 0.212 e. The molecule has 20 heavy (non-hydrogen) atoms. The lowest BCUT2D eigenvalue weighted by molar-refractivity contribution is 0.344. The molecule has 1 N–H and O–H groups in total. The van der Waals surface area contributed by atoms with E-state index in [4.69, 9.17) is 0 Å². The highest BCUT2D eigenvalue weighted by Crippen LogP contribution is 2.16. The topological polar surface area (TPSA) is 49.4 Å². The fourth-order valence-corrected chi connectivity index (χ4v) is 4.06. The molecule has 0 bridgehead atoms. The maximum absolute atomic E-state index is 12.2. The summed E-state index contributed by atoms with van der Waals surface area (Å²) < 4.78 is 27.2. The predicted molar refractivity (Wildman–Crippen MR) is 82.1 cm³/mol. The van der Waals surface area contributed by atoms with Crippen molar-refractivity contribution in [1.82, 2.24) is 9.62 Å². The molecule has 1 saturated heterocycles. The minimum Gasteiger partial charge on any atom is -0.302 e. The smallest absolute Gasteiger partial charge is 0.212 e. The summed E-state index contributed by atoms with van der Waals surface area (Å²) in [5.41, 5.74) is 1.06. The second-order valence-corrected chi connectivity index (χ2v) is 7.48. The summed E-state index contributed by atoms with van der Waals surface area (Å²) in [6, 6.07) is 9.80. The van der Waals surface area contributed by atoms with Crippen LogP contribution in [0.1, 0.15) is 19.4 Å². The molecule has 0 aromatic heterocycles. The van der Waals surface area contributed by atoms with Gasteiger partial charge in [0, 0.05) is 19.1 Å². The molecule has 5 heteroatoms. The van der Waals surface area contributed by atoms with Crippen molar-refractivity contribution >= 4 is 10.0 Å². The van der Waals surface area contributed by atoms with Gasteiger partial charge in [-0.25, -0.2) is 13.1 Å². The Morgan fingerprint density at radius 3 is 2.55 bits per heavy atom. The number of aryl methyl sites for hydroxylation is 1. The van der Waals surface area contributed by atoms with Gasteiger partial charge in [0.2, 0.25) is 10.0 Å². The molecule has 0 saturated carbocycles. The van der Waals surface area contributed by atoms with Crippen LogP contribution in [0.2, 0.25) is 0 Å². The molecule has 0 spiro atoms. The van der Waals surface area contributed by atoms with Gasteiger partial charge in [0.25, 0.3) is 0 Å². The Labute approximate surface area is 122 Å². The SMILES string of the molecule is CCN1C[C@@H](C)[C@@H](NS(=O)(=O)CCc2ccccc2)C1. The molecule has 0 unspecified atom stereocenters. The van der Waals surface area contributed by atoms with Crippen LogP contribution in [0.4, 0.5) is 0 Å². The van der Waals surface area contributed by atoms with Crippen LogP contribution in [0.25, 0.3) is 0 Å². The van der Waals surface area contributed by atoms with Crippen molar-refractivity contribution < 1.29 is 8.42 Å². The second kappa shape index (κ2) is 6.70. The lowest BCUT2D eigenvalue weighted by atomic mass is 10.1. The third-order valence-corrected chi connectivity index (χ3v) is 5.37. The zero-order valence-corrected chi connectivity index (χ0v) is 13.1. The third kappa shape index (κ3) is 4.30. The number of likely N-dealkylation sites (tertiary alicyclic amines) is 1. The number of rotatable bonds is 6. The molecular formula is C15H24N2O2S. The zero-order valence-electron chi connectivity index (χ0n) is 12.2. The highest BCUT2D eigenvalue weighted by molar-refractivity contribution is 7.89. The van der Waals surface area contributed by atoms with Gasteiger partial charge in [-0.2, -0.15) is 0 Å². The molecule has 1 fully saturated rings. The molecule has 1 aliphatic rings. The van der Waals surface area contributed by atoms with Gasteiger partial charge in [-0.05, 0) is 24.4 Å². The fraction of sp³-hybridized carbons (Fsp3) is 0.600. The van der Waals surface area contributed by atoms with E-state index in [-0.39, 0.29) is 11.8 Å². The number of sulfonamides is 1. The highest BCUT2D eigenvalue weighted by atomic mass is 32.2. The molecule has 0 radical (unpaired) electrons. The van der Waals surface area contributed by atoms with E-state index in [1.807, 2.05) is 30.3 Å². The molecule has 2 rings (SSSR count). The summed E-state index contributed by atoms with van der Waals surface area (Å²) in [7, 11) is -3.20. The molecule has 0 aliphatic carbocycles. The van der Waals surface area contributed by atoms with Gasteiger partial charge < -0.3 is 4.90 Å². The van der Waals surface area contributed by atoms with Crippen LogP contribution in [-0.2, 0) is 16.4 Å². The van der Waals surface area contributed by atoms with Crippen molar-refractivity contribution in [3.8, 4) is 0 Å². The van der Waals surface area contributed by atoms with Gasteiger partial charge in [-0.15, -0.1) is 0 Å². The average molecular weight is 296 g/mol. The summed E-state index contributed by atoms with van der Waals surface area (Å²) in [5, 5.41) is 0. The Kier molecular flexibility index (Phi) is 5.18. The Hall–Kier alpha value is -0.910. The van der Waals surface area contributed by atoms with E-state index >= 15 is 0 Å². The third-order valence-electron chi connectivity index (χ3n) is 3.97. The van der Waals surface area contributed by atoms with Crippen LogP contribution < -0.4 is 4.72 Å². The standard InChI is InChI=1S/C15H24N2O2S/c1-3-17-11-13(2)15(12-17)16-20(18,19)10-9-14-7-5-4-6-8-14/h4-8,13,15-16H,3,9-12H2,1-2H3/t13-,15+/m1/s1. The molecule has 0 amide bonds. The lowest BCUT2D eigenvalue weighted by Crippen LogP contribution is -2.41. The number of hydrogen-bond acceptors (Lipinski definition) is 3. The minimum atomic E-state index is -3.20. The molecule has 1 aliphatic heterocycles. The number of likely N-dealkylation sites (N-methyl/N-ethyl adjacent to an activating group) is 1. The summed E-state index contributed by atoms with van der Waals surface area (Å²) in [6.45, 7) is 7.00. The Morgan fingerprint density at radius 2 is 1.95 bits per heavy atom. The zero-order chi connectivity index (χ0) is 14.6. The number of benzene rings is 1. The predicted octanol–water partition coefficient (Wildman–Crippen LogP) is 1.49. The van der Waals surface area contributed by atoms with E-state index in [0.29, 0.717) is 12.3 Å². The molecule has 112 valence electrons. The second-order valence-electron chi connectivity index (χ2n) is 5.61. The lowest BCUT2D eigenvalue weighted by Gasteiger charge is -2.16.